The zero-order chi connectivity index (χ0) is 13.1. The highest BCUT2D eigenvalue weighted by atomic mass is 17.2. The Bertz CT molecular complexity index is 192. The van der Waals surface area contributed by atoms with Crippen LogP contribution in [0.1, 0.15) is 59.8 Å². The molecule has 17 heavy (non-hydrogen) atoms. The summed E-state index contributed by atoms with van der Waals surface area (Å²) in [7, 11) is 0. The minimum atomic E-state index is -0.628. The quantitative estimate of drug-likeness (QED) is 0.195. The maximum atomic E-state index is 11.3. The molecule has 0 saturated heterocycles. The van der Waals surface area contributed by atoms with E-state index in [1.165, 1.54) is 0 Å². The van der Waals surface area contributed by atoms with E-state index in [0.717, 1.165) is 25.7 Å². The first-order chi connectivity index (χ1) is 8.06. The van der Waals surface area contributed by atoms with E-state index in [-0.39, 0.29) is 5.97 Å². The Morgan fingerprint density at radius 2 is 1.88 bits per heavy atom. The van der Waals surface area contributed by atoms with E-state index in [2.05, 4.69) is 20.8 Å². The second kappa shape index (κ2) is 10.5. The number of esters is 1. The number of ether oxygens (including phenoxy) is 1. The number of carbonyl (C=O) groups excluding carboxylic acids is 1. The number of hydrogen-bond donors (Lipinski definition) is 0. The summed E-state index contributed by atoms with van der Waals surface area (Å²) < 4.78 is 5.02. The van der Waals surface area contributed by atoms with Gasteiger partial charge in [-0.2, -0.15) is 4.89 Å². The van der Waals surface area contributed by atoms with Gasteiger partial charge in [0.25, 0.3) is 0 Å². The van der Waals surface area contributed by atoms with Gasteiger partial charge in [0.2, 0.25) is 6.29 Å². The number of carbonyl (C=O) groups is 1. The molecule has 0 heterocycles. The van der Waals surface area contributed by atoms with Crippen LogP contribution in [0.5, 0.6) is 0 Å². The molecule has 0 radical (unpaired) electrons. The third-order valence-corrected chi connectivity index (χ3v) is 2.26. The Balaban J connectivity index is 3.43. The van der Waals surface area contributed by atoms with Crippen LogP contribution in [0.3, 0.4) is 0 Å². The summed E-state index contributed by atoms with van der Waals surface area (Å²) in [6, 6.07) is 0. The second-order valence-corrected chi connectivity index (χ2v) is 4.62. The summed E-state index contributed by atoms with van der Waals surface area (Å²) >= 11 is 0. The predicted molar refractivity (Wildman–Crippen MR) is 66.2 cm³/mol. The average Bonchev–Trinajstić information content (AvgIpc) is 2.24. The molecule has 0 rings (SSSR count). The van der Waals surface area contributed by atoms with Crippen molar-refractivity contribution < 1.29 is 19.3 Å². The highest BCUT2D eigenvalue weighted by molar-refractivity contribution is 5.69. The van der Waals surface area contributed by atoms with Gasteiger partial charge in [-0.05, 0) is 18.8 Å². The fourth-order valence-corrected chi connectivity index (χ4v) is 1.21. The summed E-state index contributed by atoms with van der Waals surface area (Å²) in [6.45, 7) is 8.50. The molecule has 0 aliphatic rings. The van der Waals surface area contributed by atoms with Crippen LogP contribution < -0.4 is 0 Å². The zero-order valence-electron chi connectivity index (χ0n) is 11.5. The monoisotopic (exact) mass is 246 g/mol. The molecule has 0 saturated carbocycles. The first-order valence-electron chi connectivity index (χ1n) is 6.54. The van der Waals surface area contributed by atoms with Crippen LogP contribution in [0, 0.1) is 5.92 Å². The molecule has 0 fully saturated rings. The van der Waals surface area contributed by atoms with Gasteiger partial charge < -0.3 is 4.74 Å². The minimum absolute atomic E-state index is 0.224. The predicted octanol–water partition coefficient (Wildman–Crippen LogP) is 3.45. The van der Waals surface area contributed by atoms with Crippen molar-refractivity contribution in [2.45, 2.75) is 66.1 Å². The van der Waals surface area contributed by atoms with Crippen molar-refractivity contribution in [1.82, 2.24) is 0 Å². The van der Waals surface area contributed by atoms with E-state index in [1.807, 2.05) is 0 Å². The first kappa shape index (κ1) is 16.4. The molecule has 0 aromatic rings. The number of hydrogen-bond acceptors (Lipinski definition) is 4. The Morgan fingerprint density at radius 1 is 1.18 bits per heavy atom. The lowest BCUT2D eigenvalue weighted by atomic mass is 10.1. The van der Waals surface area contributed by atoms with Gasteiger partial charge in [0.1, 0.15) is 0 Å². The van der Waals surface area contributed by atoms with Crippen molar-refractivity contribution in [2.75, 3.05) is 6.61 Å². The highest BCUT2D eigenvalue weighted by Gasteiger charge is 2.10. The summed E-state index contributed by atoms with van der Waals surface area (Å²) in [6.07, 6.45) is 3.77. The lowest BCUT2D eigenvalue weighted by Gasteiger charge is -2.13. The van der Waals surface area contributed by atoms with E-state index in [9.17, 15) is 4.79 Å². The van der Waals surface area contributed by atoms with E-state index in [4.69, 9.17) is 14.5 Å². The van der Waals surface area contributed by atoms with Crippen LogP contribution in [0.4, 0.5) is 0 Å². The SMILES string of the molecule is CCCCCC(=O)OC(C)OOCCC(C)C. The highest BCUT2D eigenvalue weighted by Crippen LogP contribution is 2.05. The van der Waals surface area contributed by atoms with Crippen molar-refractivity contribution in [3.63, 3.8) is 0 Å². The van der Waals surface area contributed by atoms with Gasteiger partial charge in [-0.15, -0.1) is 0 Å². The maximum Gasteiger partial charge on any atom is 0.308 e. The molecule has 0 aromatic carbocycles. The molecule has 0 aromatic heterocycles. The van der Waals surface area contributed by atoms with E-state index >= 15 is 0 Å². The molecule has 4 nitrogen and oxygen atoms in total. The lowest BCUT2D eigenvalue weighted by Crippen LogP contribution is -2.18. The van der Waals surface area contributed by atoms with Crippen molar-refractivity contribution in [3.8, 4) is 0 Å². The molecule has 0 amide bonds. The van der Waals surface area contributed by atoms with E-state index in [0.29, 0.717) is 18.9 Å². The van der Waals surface area contributed by atoms with E-state index in [1.54, 1.807) is 6.92 Å². The standard InChI is InChI=1S/C13H26O4/c1-5-6-7-8-13(14)16-12(4)17-15-10-9-11(2)3/h11-12H,5-10H2,1-4H3. The number of rotatable bonds is 10. The molecular weight excluding hydrogens is 220 g/mol. The van der Waals surface area contributed by atoms with Crippen LogP contribution in [0.2, 0.25) is 0 Å². The molecule has 4 heteroatoms. The summed E-state index contributed by atoms with van der Waals surface area (Å²) in [5, 5.41) is 0. The fourth-order valence-electron chi connectivity index (χ4n) is 1.21. The Hall–Kier alpha value is -0.610. The summed E-state index contributed by atoms with van der Waals surface area (Å²) in [4.78, 5) is 21.2. The molecule has 0 N–H and O–H groups in total. The van der Waals surface area contributed by atoms with Crippen LogP contribution >= 0.6 is 0 Å². The molecule has 0 aliphatic carbocycles. The third-order valence-electron chi connectivity index (χ3n) is 2.26. The van der Waals surface area contributed by atoms with Crippen LogP contribution in [-0.2, 0) is 19.3 Å². The molecular formula is C13H26O4. The van der Waals surface area contributed by atoms with Gasteiger partial charge in [0.05, 0.1) is 6.61 Å². The molecule has 0 aliphatic heterocycles. The molecule has 0 spiro atoms. The topological polar surface area (TPSA) is 44.8 Å². The second-order valence-electron chi connectivity index (χ2n) is 4.62. The van der Waals surface area contributed by atoms with Gasteiger partial charge in [0.15, 0.2) is 0 Å². The maximum absolute atomic E-state index is 11.3. The van der Waals surface area contributed by atoms with Crippen LogP contribution in [-0.4, -0.2) is 18.9 Å². The molecule has 0 bridgehead atoms. The van der Waals surface area contributed by atoms with Gasteiger partial charge >= 0.3 is 5.97 Å². The van der Waals surface area contributed by atoms with Crippen molar-refractivity contribution >= 4 is 5.97 Å². The Labute approximate surface area is 105 Å². The van der Waals surface area contributed by atoms with Crippen LogP contribution in [0.15, 0.2) is 0 Å². The van der Waals surface area contributed by atoms with Crippen LogP contribution in [0.25, 0.3) is 0 Å². The first-order valence-corrected chi connectivity index (χ1v) is 6.54. The lowest BCUT2D eigenvalue weighted by molar-refractivity contribution is -0.366. The van der Waals surface area contributed by atoms with Gasteiger partial charge in [0, 0.05) is 13.3 Å². The van der Waals surface area contributed by atoms with Crippen molar-refractivity contribution in [3.05, 3.63) is 0 Å². The largest absolute Gasteiger partial charge is 0.433 e. The van der Waals surface area contributed by atoms with Gasteiger partial charge in [-0.1, -0.05) is 33.6 Å². The Kier molecular flexibility index (Phi) is 10.2. The number of unbranched alkanes of at least 4 members (excludes halogenated alkanes) is 2. The van der Waals surface area contributed by atoms with Crippen molar-refractivity contribution in [1.29, 1.82) is 0 Å². The fraction of sp³-hybridized carbons (Fsp3) is 0.923. The third kappa shape index (κ3) is 11.6. The Morgan fingerprint density at radius 3 is 2.47 bits per heavy atom. The van der Waals surface area contributed by atoms with Gasteiger partial charge in [-0.25, -0.2) is 4.89 Å². The van der Waals surface area contributed by atoms with Gasteiger partial charge in [-0.3, -0.25) is 4.79 Å². The zero-order valence-corrected chi connectivity index (χ0v) is 11.5. The summed E-state index contributed by atoms with van der Waals surface area (Å²) in [5.74, 6) is 0.351. The normalized spacial score (nSPS) is 12.8. The minimum Gasteiger partial charge on any atom is -0.433 e. The van der Waals surface area contributed by atoms with E-state index < -0.39 is 6.29 Å². The molecule has 1 unspecified atom stereocenters. The summed E-state index contributed by atoms with van der Waals surface area (Å²) in [5.41, 5.74) is 0. The van der Waals surface area contributed by atoms with Crippen molar-refractivity contribution in [2.24, 2.45) is 5.92 Å². The molecule has 1 atom stereocenters. The molecule has 102 valence electrons. The smallest absolute Gasteiger partial charge is 0.308 e. The average molecular weight is 246 g/mol.